The van der Waals surface area contributed by atoms with Crippen molar-refractivity contribution in [3.63, 3.8) is 0 Å². The highest BCUT2D eigenvalue weighted by molar-refractivity contribution is 5.24. The molecular weight excluding hydrogens is 136 g/mol. The molecule has 0 unspecified atom stereocenters. The number of benzene rings is 1. The van der Waals surface area contributed by atoms with Crippen LogP contribution in [-0.4, -0.2) is 0 Å². The molecule has 2 heteroatoms. The molecule has 0 aromatic heterocycles. The largest absolute Gasteiger partial charge is 0.366 e. The zero-order chi connectivity index (χ0) is 7.52. The molecule has 0 atom stereocenters. The van der Waals surface area contributed by atoms with Gasteiger partial charge < -0.3 is 5.32 Å². The summed E-state index contributed by atoms with van der Waals surface area (Å²) in [6.45, 7) is 0. The fraction of sp³-hybridized carbons (Fsp3) is 0. The molecule has 1 aliphatic rings. The number of nitrogens with one attached hydrogen (secondary N) is 1. The summed E-state index contributed by atoms with van der Waals surface area (Å²) in [5.74, 6) is 0. The third-order valence-corrected chi connectivity index (χ3v) is 1.56. The number of rotatable bonds is 0. The van der Waals surface area contributed by atoms with Gasteiger partial charge in [0.15, 0.2) is 0 Å². The third-order valence-electron chi connectivity index (χ3n) is 1.56. The van der Waals surface area contributed by atoms with Gasteiger partial charge >= 0.3 is 0 Å². The Bertz CT molecular complexity index is 390. The molecule has 54 valence electrons. The average Bonchev–Trinajstić information content (AvgIpc) is 2.28. The molecule has 11 heavy (non-hydrogen) atoms. The Morgan fingerprint density at radius 3 is 3.09 bits per heavy atom. The summed E-state index contributed by atoms with van der Waals surface area (Å²) in [6, 6.07) is 8.00. The standard InChI is InChI=1S/C9H8N2/c1-2-4-9-8(3-1)7-10-5-6-11-9/h1-7,10H. The van der Waals surface area contributed by atoms with Crippen molar-refractivity contribution in [3.05, 3.63) is 47.2 Å². The van der Waals surface area contributed by atoms with E-state index in [9.17, 15) is 0 Å². The monoisotopic (exact) mass is 144 g/mol. The van der Waals surface area contributed by atoms with Gasteiger partial charge in [0.25, 0.3) is 0 Å². The van der Waals surface area contributed by atoms with Crippen molar-refractivity contribution < 1.29 is 0 Å². The maximum atomic E-state index is 4.21. The van der Waals surface area contributed by atoms with Gasteiger partial charge in [0.05, 0.1) is 5.36 Å². The second-order valence-corrected chi connectivity index (χ2v) is 2.31. The Kier molecular flexibility index (Phi) is 1.44. The molecule has 1 heterocycles. The van der Waals surface area contributed by atoms with Crippen LogP contribution in [0.1, 0.15) is 0 Å². The molecule has 1 N–H and O–H groups in total. The quantitative estimate of drug-likeness (QED) is 0.549. The topological polar surface area (TPSA) is 24.4 Å². The Morgan fingerprint density at radius 1 is 1.18 bits per heavy atom. The van der Waals surface area contributed by atoms with Gasteiger partial charge in [-0.05, 0) is 6.07 Å². The number of hydrogen-bond acceptors (Lipinski definition) is 2. The Labute approximate surface area is 64.6 Å². The van der Waals surface area contributed by atoms with E-state index in [-0.39, 0.29) is 0 Å². The van der Waals surface area contributed by atoms with Crippen LogP contribution in [-0.2, 0) is 0 Å². The lowest BCUT2D eigenvalue weighted by atomic mass is 10.3. The average molecular weight is 144 g/mol. The first-order chi connectivity index (χ1) is 5.47. The summed E-state index contributed by atoms with van der Waals surface area (Å²) in [5, 5.41) is 5.13. The van der Waals surface area contributed by atoms with Crippen LogP contribution in [0, 0.1) is 0 Å². The normalized spacial score (nSPS) is 13.5. The zero-order valence-electron chi connectivity index (χ0n) is 5.99. The second-order valence-electron chi connectivity index (χ2n) is 2.31. The molecule has 0 saturated heterocycles. The zero-order valence-corrected chi connectivity index (χ0v) is 5.99. The van der Waals surface area contributed by atoms with Gasteiger partial charge in [-0.1, -0.05) is 18.2 Å². The third kappa shape index (κ3) is 1.15. The Hall–Kier alpha value is -1.57. The van der Waals surface area contributed by atoms with E-state index in [1.165, 1.54) is 0 Å². The lowest BCUT2D eigenvalue weighted by molar-refractivity contribution is 1.27. The highest BCUT2D eigenvalue weighted by atomic mass is 14.8. The first-order valence-corrected chi connectivity index (χ1v) is 3.51. The van der Waals surface area contributed by atoms with E-state index in [1.54, 1.807) is 12.4 Å². The molecular formula is C9H8N2. The number of hydrogen-bond donors (Lipinski definition) is 1. The molecule has 1 aromatic rings. The minimum absolute atomic E-state index is 1.01. The van der Waals surface area contributed by atoms with Crippen LogP contribution >= 0.6 is 0 Å². The van der Waals surface area contributed by atoms with Crippen molar-refractivity contribution in [2.45, 2.75) is 0 Å². The van der Waals surface area contributed by atoms with Gasteiger partial charge in [-0.3, -0.25) is 4.99 Å². The maximum absolute atomic E-state index is 4.21. The van der Waals surface area contributed by atoms with Gasteiger partial charge in [-0.25, -0.2) is 0 Å². The molecule has 0 spiro atoms. The van der Waals surface area contributed by atoms with E-state index >= 15 is 0 Å². The van der Waals surface area contributed by atoms with Crippen molar-refractivity contribution in [1.82, 2.24) is 5.32 Å². The highest BCUT2D eigenvalue weighted by Crippen LogP contribution is 1.76. The van der Waals surface area contributed by atoms with Crippen molar-refractivity contribution in [1.29, 1.82) is 0 Å². The highest BCUT2D eigenvalue weighted by Gasteiger charge is 1.84. The fourth-order valence-electron chi connectivity index (χ4n) is 1.03. The minimum atomic E-state index is 1.01. The minimum Gasteiger partial charge on any atom is -0.366 e. The summed E-state index contributed by atoms with van der Waals surface area (Å²) in [4.78, 5) is 4.21. The van der Waals surface area contributed by atoms with Gasteiger partial charge in [0, 0.05) is 23.8 Å². The first-order valence-electron chi connectivity index (χ1n) is 3.51. The van der Waals surface area contributed by atoms with E-state index in [0.29, 0.717) is 0 Å². The molecule has 1 aromatic carbocycles. The lowest BCUT2D eigenvalue weighted by Crippen LogP contribution is -2.24. The van der Waals surface area contributed by atoms with Crippen molar-refractivity contribution in [3.8, 4) is 0 Å². The summed E-state index contributed by atoms with van der Waals surface area (Å²) >= 11 is 0. The summed E-state index contributed by atoms with van der Waals surface area (Å²) in [5.41, 5.74) is 0. The van der Waals surface area contributed by atoms with E-state index in [0.717, 1.165) is 10.6 Å². The summed E-state index contributed by atoms with van der Waals surface area (Å²) < 4.78 is 0. The molecule has 0 amide bonds. The Balaban J connectivity index is 2.81. The van der Waals surface area contributed by atoms with Crippen LogP contribution in [0.25, 0.3) is 6.20 Å². The van der Waals surface area contributed by atoms with E-state index in [1.807, 2.05) is 30.5 Å². The molecule has 0 saturated carbocycles. The van der Waals surface area contributed by atoms with Gasteiger partial charge in [0.2, 0.25) is 0 Å². The molecule has 0 aliphatic carbocycles. The van der Waals surface area contributed by atoms with Gasteiger partial charge in [-0.15, -0.1) is 0 Å². The molecule has 1 aliphatic heterocycles. The molecule has 0 radical (unpaired) electrons. The van der Waals surface area contributed by atoms with Gasteiger partial charge in [0.1, 0.15) is 0 Å². The predicted molar refractivity (Wildman–Crippen MR) is 44.0 cm³/mol. The first kappa shape index (κ1) is 6.16. The van der Waals surface area contributed by atoms with Crippen molar-refractivity contribution >= 4 is 6.20 Å². The Morgan fingerprint density at radius 2 is 2.09 bits per heavy atom. The van der Waals surface area contributed by atoms with Crippen LogP contribution in [0.5, 0.6) is 0 Å². The summed E-state index contributed by atoms with van der Waals surface area (Å²) in [6.07, 6.45) is 5.49. The maximum Gasteiger partial charge on any atom is 0.0717 e. The SMILES string of the molecule is C1=CNC=c2ccccc2=N1. The number of fused-ring (bicyclic) bond motifs is 1. The van der Waals surface area contributed by atoms with Crippen LogP contribution in [0.3, 0.4) is 0 Å². The lowest BCUT2D eigenvalue weighted by Gasteiger charge is -1.85. The molecule has 2 nitrogen and oxygen atoms in total. The predicted octanol–water partition coefficient (Wildman–Crippen LogP) is 0.119. The van der Waals surface area contributed by atoms with Crippen LogP contribution in [0.15, 0.2) is 41.7 Å². The van der Waals surface area contributed by atoms with Crippen LogP contribution < -0.4 is 15.9 Å². The van der Waals surface area contributed by atoms with Gasteiger partial charge in [-0.2, -0.15) is 0 Å². The molecule has 2 rings (SSSR count). The second kappa shape index (κ2) is 2.58. The molecule has 0 fully saturated rings. The van der Waals surface area contributed by atoms with E-state index in [4.69, 9.17) is 0 Å². The van der Waals surface area contributed by atoms with Crippen LogP contribution in [0.2, 0.25) is 0 Å². The summed E-state index contributed by atoms with van der Waals surface area (Å²) in [7, 11) is 0. The van der Waals surface area contributed by atoms with E-state index in [2.05, 4.69) is 10.3 Å². The number of nitrogens with zero attached hydrogens (tertiary/aromatic N) is 1. The van der Waals surface area contributed by atoms with Crippen molar-refractivity contribution in [2.75, 3.05) is 0 Å². The van der Waals surface area contributed by atoms with E-state index < -0.39 is 0 Å². The number of para-hydroxylation sites is 1. The van der Waals surface area contributed by atoms with Crippen LogP contribution in [0.4, 0.5) is 0 Å². The smallest absolute Gasteiger partial charge is 0.0717 e. The van der Waals surface area contributed by atoms with Crippen molar-refractivity contribution in [2.24, 2.45) is 4.99 Å². The molecule has 0 bridgehead atoms. The fourth-order valence-corrected chi connectivity index (χ4v) is 1.03.